The molecule has 2 N–H and O–H groups in total. The molecule has 1 aromatic heterocycles. The van der Waals surface area contributed by atoms with Crippen LogP contribution in [0.4, 0.5) is 0 Å². The molecule has 0 fully saturated rings. The van der Waals surface area contributed by atoms with Crippen molar-refractivity contribution in [1.82, 2.24) is 9.88 Å². The minimum atomic E-state index is -0.109. The lowest BCUT2D eigenvalue weighted by molar-refractivity contribution is 0.0942. The van der Waals surface area contributed by atoms with Gasteiger partial charge in [-0.2, -0.15) is 0 Å². The average Bonchev–Trinajstić information content (AvgIpc) is 2.83. The lowest BCUT2D eigenvalue weighted by Crippen LogP contribution is -2.29. The minimum Gasteiger partial charge on any atom is -0.396 e. The van der Waals surface area contributed by atoms with E-state index in [1.165, 1.54) is 11.4 Å². The van der Waals surface area contributed by atoms with Gasteiger partial charge in [-0.1, -0.05) is 6.92 Å². The van der Waals surface area contributed by atoms with Crippen molar-refractivity contribution in [1.29, 1.82) is 0 Å². The maximum absolute atomic E-state index is 12.0. The summed E-state index contributed by atoms with van der Waals surface area (Å²) < 4.78 is 2.15. The fourth-order valence-corrected chi connectivity index (χ4v) is 2.27. The monoisotopic (exact) mass is 286 g/mol. The van der Waals surface area contributed by atoms with E-state index in [2.05, 4.69) is 35.9 Å². The second kappa shape index (κ2) is 6.59. The van der Waals surface area contributed by atoms with Gasteiger partial charge in [-0.15, -0.1) is 0 Å². The molecule has 1 heterocycles. The van der Waals surface area contributed by atoms with Gasteiger partial charge in [-0.25, -0.2) is 0 Å². The van der Waals surface area contributed by atoms with E-state index in [9.17, 15) is 4.79 Å². The number of nitrogens with one attached hydrogen (secondary N) is 1. The molecule has 21 heavy (non-hydrogen) atoms. The van der Waals surface area contributed by atoms with Crippen LogP contribution < -0.4 is 5.32 Å². The third-order valence-electron chi connectivity index (χ3n) is 3.58. The van der Waals surface area contributed by atoms with Crippen molar-refractivity contribution in [2.75, 3.05) is 13.2 Å². The second-order valence-corrected chi connectivity index (χ2v) is 5.50. The smallest absolute Gasteiger partial charge is 0.251 e. The zero-order valence-electron chi connectivity index (χ0n) is 12.8. The Kier molecular flexibility index (Phi) is 4.81. The normalized spacial score (nSPS) is 12.2. The SMILES string of the molecule is Cc1ccc(C)n1-c1ccc(C(=O)NCC(C)CO)cc1. The summed E-state index contributed by atoms with van der Waals surface area (Å²) in [5, 5.41) is 11.8. The van der Waals surface area contributed by atoms with E-state index < -0.39 is 0 Å². The number of carbonyl (C=O) groups excluding carboxylic acids is 1. The third-order valence-corrected chi connectivity index (χ3v) is 3.58. The number of aryl methyl sites for hydroxylation is 2. The number of hydrogen-bond acceptors (Lipinski definition) is 2. The van der Waals surface area contributed by atoms with Gasteiger partial charge in [0.1, 0.15) is 0 Å². The fraction of sp³-hybridized carbons (Fsp3) is 0.353. The van der Waals surface area contributed by atoms with Gasteiger partial charge in [0, 0.05) is 35.8 Å². The molecule has 2 aromatic rings. The molecule has 1 atom stereocenters. The highest BCUT2D eigenvalue weighted by atomic mass is 16.3. The molecule has 2 rings (SSSR count). The molecular formula is C17H22N2O2. The quantitative estimate of drug-likeness (QED) is 0.887. The summed E-state index contributed by atoms with van der Waals surface area (Å²) in [6.07, 6.45) is 0. The number of aromatic nitrogens is 1. The molecule has 0 radical (unpaired) electrons. The van der Waals surface area contributed by atoms with Crippen LogP contribution in [-0.4, -0.2) is 28.7 Å². The van der Waals surface area contributed by atoms with E-state index >= 15 is 0 Å². The first-order valence-electron chi connectivity index (χ1n) is 7.17. The Morgan fingerprint density at radius 2 is 1.71 bits per heavy atom. The predicted molar refractivity (Wildman–Crippen MR) is 83.8 cm³/mol. The number of aliphatic hydroxyl groups is 1. The van der Waals surface area contributed by atoms with Crippen LogP contribution in [0.15, 0.2) is 36.4 Å². The van der Waals surface area contributed by atoms with E-state index in [0.717, 1.165) is 5.69 Å². The lowest BCUT2D eigenvalue weighted by atomic mass is 10.1. The van der Waals surface area contributed by atoms with Gasteiger partial charge in [0.15, 0.2) is 0 Å². The highest BCUT2D eigenvalue weighted by Crippen LogP contribution is 2.16. The molecule has 0 bridgehead atoms. The molecular weight excluding hydrogens is 264 g/mol. The Morgan fingerprint density at radius 3 is 2.24 bits per heavy atom. The Bertz CT molecular complexity index is 595. The van der Waals surface area contributed by atoms with Crippen molar-refractivity contribution in [2.45, 2.75) is 20.8 Å². The Labute approximate surface area is 125 Å². The van der Waals surface area contributed by atoms with E-state index in [4.69, 9.17) is 5.11 Å². The number of rotatable bonds is 5. The Morgan fingerprint density at radius 1 is 1.14 bits per heavy atom. The van der Waals surface area contributed by atoms with Crippen molar-refractivity contribution < 1.29 is 9.90 Å². The number of carbonyl (C=O) groups is 1. The highest BCUT2D eigenvalue weighted by Gasteiger charge is 2.09. The van der Waals surface area contributed by atoms with Gasteiger partial charge in [0.25, 0.3) is 5.91 Å². The summed E-state index contributed by atoms with van der Waals surface area (Å²) in [6, 6.07) is 11.7. The first-order valence-corrected chi connectivity index (χ1v) is 7.17. The van der Waals surface area contributed by atoms with Crippen LogP contribution in [0.1, 0.15) is 28.7 Å². The van der Waals surface area contributed by atoms with Crippen LogP contribution >= 0.6 is 0 Å². The average molecular weight is 286 g/mol. The highest BCUT2D eigenvalue weighted by molar-refractivity contribution is 5.94. The first-order chi connectivity index (χ1) is 10.0. The van der Waals surface area contributed by atoms with Crippen molar-refractivity contribution in [3.63, 3.8) is 0 Å². The molecule has 1 unspecified atom stereocenters. The summed E-state index contributed by atoms with van der Waals surface area (Å²) in [5.41, 5.74) is 4.02. The Hall–Kier alpha value is -2.07. The molecule has 1 amide bonds. The zero-order chi connectivity index (χ0) is 15.4. The lowest BCUT2D eigenvalue weighted by Gasteiger charge is -2.12. The van der Waals surface area contributed by atoms with Crippen molar-refractivity contribution >= 4 is 5.91 Å². The topological polar surface area (TPSA) is 54.3 Å². The molecule has 4 heteroatoms. The maximum atomic E-state index is 12.0. The van der Waals surface area contributed by atoms with Gasteiger partial charge in [0.05, 0.1) is 0 Å². The van der Waals surface area contributed by atoms with Crippen LogP contribution in [0.3, 0.4) is 0 Å². The minimum absolute atomic E-state index is 0.0680. The molecule has 1 aromatic carbocycles. The zero-order valence-corrected chi connectivity index (χ0v) is 12.8. The van der Waals surface area contributed by atoms with Gasteiger partial charge in [0.2, 0.25) is 0 Å². The van der Waals surface area contributed by atoms with E-state index in [0.29, 0.717) is 12.1 Å². The molecule has 4 nitrogen and oxygen atoms in total. The number of aliphatic hydroxyl groups excluding tert-OH is 1. The van der Waals surface area contributed by atoms with E-state index in [-0.39, 0.29) is 18.4 Å². The number of hydrogen-bond donors (Lipinski definition) is 2. The van der Waals surface area contributed by atoms with Crippen LogP contribution in [0, 0.1) is 19.8 Å². The van der Waals surface area contributed by atoms with Gasteiger partial charge < -0.3 is 15.0 Å². The molecule has 0 saturated heterocycles. The summed E-state index contributed by atoms with van der Waals surface area (Å²) in [5.74, 6) is -0.0406. The predicted octanol–water partition coefficient (Wildman–Crippen LogP) is 2.45. The molecule has 0 saturated carbocycles. The van der Waals surface area contributed by atoms with Crippen LogP contribution in [0.2, 0.25) is 0 Å². The summed E-state index contributed by atoms with van der Waals surface area (Å²) in [6.45, 7) is 6.56. The standard InChI is InChI=1S/C17H22N2O2/c1-12(11-20)10-18-17(21)15-6-8-16(9-7-15)19-13(2)4-5-14(19)3/h4-9,12,20H,10-11H2,1-3H3,(H,18,21). The summed E-state index contributed by atoms with van der Waals surface area (Å²) in [4.78, 5) is 12.0. The van der Waals surface area contributed by atoms with E-state index in [1.807, 2.05) is 31.2 Å². The third kappa shape index (κ3) is 3.52. The van der Waals surface area contributed by atoms with Crippen molar-refractivity contribution in [3.8, 4) is 5.69 Å². The molecule has 0 aliphatic rings. The van der Waals surface area contributed by atoms with E-state index in [1.54, 1.807) is 0 Å². The summed E-state index contributed by atoms with van der Waals surface area (Å²) in [7, 11) is 0. The van der Waals surface area contributed by atoms with Gasteiger partial charge in [-0.05, 0) is 56.2 Å². The second-order valence-electron chi connectivity index (χ2n) is 5.50. The molecule has 0 spiro atoms. The molecule has 0 aliphatic heterocycles. The summed E-state index contributed by atoms with van der Waals surface area (Å²) >= 11 is 0. The largest absolute Gasteiger partial charge is 0.396 e. The first kappa shape index (κ1) is 15.3. The van der Waals surface area contributed by atoms with Crippen molar-refractivity contribution in [2.24, 2.45) is 5.92 Å². The maximum Gasteiger partial charge on any atom is 0.251 e. The number of benzene rings is 1. The number of amides is 1. The Balaban J connectivity index is 2.10. The van der Waals surface area contributed by atoms with Crippen LogP contribution in [-0.2, 0) is 0 Å². The van der Waals surface area contributed by atoms with Crippen LogP contribution in [0.5, 0.6) is 0 Å². The fourth-order valence-electron chi connectivity index (χ4n) is 2.27. The van der Waals surface area contributed by atoms with Gasteiger partial charge >= 0.3 is 0 Å². The van der Waals surface area contributed by atoms with Crippen LogP contribution in [0.25, 0.3) is 5.69 Å². The van der Waals surface area contributed by atoms with Gasteiger partial charge in [-0.3, -0.25) is 4.79 Å². The molecule has 112 valence electrons. The molecule has 0 aliphatic carbocycles. The number of nitrogens with zero attached hydrogens (tertiary/aromatic N) is 1. The van der Waals surface area contributed by atoms with Crippen molar-refractivity contribution in [3.05, 3.63) is 53.3 Å².